The number of para-hydroxylation sites is 2. The highest BCUT2D eigenvalue weighted by Gasteiger charge is 2.33. The Hall–Kier alpha value is -3.39. The molecule has 1 heterocycles. The molecular weight excluding hydrogens is 450 g/mol. The van der Waals surface area contributed by atoms with Crippen LogP contribution in [0.1, 0.15) is 30.4 Å². The fourth-order valence-electron chi connectivity index (χ4n) is 3.63. The van der Waals surface area contributed by atoms with Crippen molar-refractivity contribution in [3.63, 3.8) is 0 Å². The van der Waals surface area contributed by atoms with E-state index in [1.54, 1.807) is 24.1 Å². The second-order valence-corrected chi connectivity index (χ2v) is 9.25. The number of ether oxygens (including phenoxy) is 2. The zero-order valence-electron chi connectivity index (χ0n) is 19.7. The van der Waals surface area contributed by atoms with Crippen LogP contribution < -0.4 is 14.8 Å². The number of benzene rings is 2. The number of rotatable bonds is 10. The third kappa shape index (κ3) is 5.94. The van der Waals surface area contributed by atoms with Crippen molar-refractivity contribution in [2.24, 2.45) is 0 Å². The normalized spacial score (nSPS) is 12.8. The molecule has 0 radical (unpaired) electrons. The number of amides is 2. The largest absolute Gasteiger partial charge is 0.493 e. The number of thiazole rings is 1. The van der Waals surface area contributed by atoms with Crippen LogP contribution in [0.15, 0.2) is 47.8 Å². The highest BCUT2D eigenvalue weighted by Crippen LogP contribution is 2.29. The van der Waals surface area contributed by atoms with Gasteiger partial charge < -0.3 is 19.7 Å². The number of hydrogen-bond acceptors (Lipinski definition) is 6. The lowest BCUT2D eigenvalue weighted by Gasteiger charge is -2.22. The molecule has 0 bridgehead atoms. The summed E-state index contributed by atoms with van der Waals surface area (Å²) in [4.78, 5) is 31.7. The molecule has 3 aromatic rings. The molecular formula is C26H29N3O4S. The number of anilines is 1. The summed E-state index contributed by atoms with van der Waals surface area (Å²) in [6.45, 7) is 4.40. The van der Waals surface area contributed by atoms with Crippen molar-refractivity contribution in [3.8, 4) is 22.8 Å². The van der Waals surface area contributed by atoms with Gasteiger partial charge in [-0.15, -0.1) is 11.3 Å². The zero-order chi connectivity index (χ0) is 24.1. The molecule has 1 N–H and O–H groups in total. The van der Waals surface area contributed by atoms with Gasteiger partial charge in [0.25, 0.3) is 5.91 Å². The maximum absolute atomic E-state index is 12.8. The number of nitrogens with zero attached hydrogens (tertiary/aromatic N) is 2. The van der Waals surface area contributed by atoms with Crippen molar-refractivity contribution >= 4 is 28.3 Å². The SMILES string of the molecule is COc1ccccc1OCC(=O)N(CCC(=O)Nc1nc(-c2ccc(C)c(C)c2)cs1)C1CC1. The number of carbonyl (C=O) groups is 2. The van der Waals surface area contributed by atoms with Crippen molar-refractivity contribution in [1.82, 2.24) is 9.88 Å². The van der Waals surface area contributed by atoms with E-state index in [1.807, 2.05) is 23.6 Å². The van der Waals surface area contributed by atoms with Crippen molar-refractivity contribution in [2.45, 2.75) is 39.2 Å². The highest BCUT2D eigenvalue weighted by atomic mass is 32.1. The van der Waals surface area contributed by atoms with E-state index >= 15 is 0 Å². The standard InChI is InChI=1S/C26H29N3O4S/c1-17-8-9-19(14-18(17)2)21-16-34-26(27-21)28-24(30)12-13-29(20-10-11-20)25(31)15-33-23-7-5-4-6-22(23)32-3/h4-9,14,16,20H,10-13,15H2,1-3H3,(H,27,28,30). The molecule has 1 aliphatic rings. The van der Waals surface area contributed by atoms with Gasteiger partial charge in [-0.1, -0.05) is 24.3 Å². The summed E-state index contributed by atoms with van der Waals surface area (Å²) in [5.41, 5.74) is 4.30. The van der Waals surface area contributed by atoms with Gasteiger partial charge in [-0.2, -0.15) is 0 Å². The topological polar surface area (TPSA) is 80.8 Å². The molecule has 7 nitrogen and oxygen atoms in total. The van der Waals surface area contributed by atoms with Gasteiger partial charge in [-0.05, 0) is 56.0 Å². The van der Waals surface area contributed by atoms with Gasteiger partial charge in [0.2, 0.25) is 5.91 Å². The van der Waals surface area contributed by atoms with E-state index in [0.717, 1.165) is 24.1 Å². The van der Waals surface area contributed by atoms with Crippen LogP contribution in [0.2, 0.25) is 0 Å². The molecule has 0 atom stereocenters. The van der Waals surface area contributed by atoms with Gasteiger partial charge in [-0.25, -0.2) is 4.98 Å². The second kappa shape index (κ2) is 10.7. The quantitative estimate of drug-likeness (QED) is 0.450. The first kappa shape index (κ1) is 23.8. The Labute approximate surface area is 203 Å². The lowest BCUT2D eigenvalue weighted by Crippen LogP contribution is -2.38. The molecule has 1 fully saturated rings. The summed E-state index contributed by atoms with van der Waals surface area (Å²) in [6, 6.07) is 13.6. The first-order valence-electron chi connectivity index (χ1n) is 11.3. The molecule has 34 heavy (non-hydrogen) atoms. The maximum Gasteiger partial charge on any atom is 0.260 e. The number of nitrogens with one attached hydrogen (secondary N) is 1. The Bertz CT molecular complexity index is 1170. The molecule has 0 spiro atoms. The summed E-state index contributed by atoms with van der Waals surface area (Å²) in [5.74, 6) is 0.809. The predicted octanol–water partition coefficient (Wildman–Crippen LogP) is 4.83. The summed E-state index contributed by atoms with van der Waals surface area (Å²) >= 11 is 1.40. The molecule has 2 aromatic carbocycles. The van der Waals surface area contributed by atoms with Gasteiger partial charge in [-0.3, -0.25) is 9.59 Å². The molecule has 0 unspecified atom stereocenters. The van der Waals surface area contributed by atoms with Gasteiger partial charge >= 0.3 is 0 Å². The Morgan fingerprint density at radius 2 is 1.88 bits per heavy atom. The van der Waals surface area contributed by atoms with Crippen molar-refractivity contribution in [3.05, 3.63) is 59.0 Å². The van der Waals surface area contributed by atoms with Gasteiger partial charge in [0.05, 0.1) is 12.8 Å². The maximum atomic E-state index is 12.8. The van der Waals surface area contributed by atoms with Crippen LogP contribution in [0.4, 0.5) is 5.13 Å². The molecule has 1 saturated carbocycles. The average molecular weight is 480 g/mol. The van der Waals surface area contributed by atoms with E-state index in [9.17, 15) is 9.59 Å². The molecule has 178 valence electrons. The Kier molecular flexibility index (Phi) is 7.47. The Morgan fingerprint density at radius 3 is 2.59 bits per heavy atom. The van der Waals surface area contributed by atoms with E-state index < -0.39 is 0 Å². The van der Waals surface area contributed by atoms with Crippen LogP contribution in [-0.4, -0.2) is 48.0 Å². The highest BCUT2D eigenvalue weighted by molar-refractivity contribution is 7.14. The molecule has 2 amide bonds. The summed E-state index contributed by atoms with van der Waals surface area (Å²) < 4.78 is 11.0. The Balaban J connectivity index is 1.30. The molecule has 0 saturated heterocycles. The number of methoxy groups -OCH3 is 1. The van der Waals surface area contributed by atoms with E-state index in [2.05, 4.69) is 36.3 Å². The van der Waals surface area contributed by atoms with Crippen molar-refractivity contribution in [1.29, 1.82) is 0 Å². The average Bonchev–Trinajstić information content (AvgIpc) is 3.57. The van der Waals surface area contributed by atoms with E-state index in [4.69, 9.17) is 9.47 Å². The second-order valence-electron chi connectivity index (χ2n) is 8.39. The number of aryl methyl sites for hydroxylation is 2. The van der Waals surface area contributed by atoms with Crippen molar-refractivity contribution < 1.29 is 19.1 Å². The summed E-state index contributed by atoms with van der Waals surface area (Å²) in [7, 11) is 1.56. The van der Waals surface area contributed by atoms with Gasteiger partial charge in [0.1, 0.15) is 0 Å². The molecule has 4 rings (SSSR count). The predicted molar refractivity (Wildman–Crippen MR) is 133 cm³/mol. The fraction of sp³-hybridized carbons (Fsp3) is 0.346. The van der Waals surface area contributed by atoms with Crippen molar-refractivity contribution in [2.75, 3.05) is 25.6 Å². The smallest absolute Gasteiger partial charge is 0.260 e. The van der Waals surface area contributed by atoms with Gasteiger partial charge in [0.15, 0.2) is 23.2 Å². The van der Waals surface area contributed by atoms with Crippen LogP contribution in [0.25, 0.3) is 11.3 Å². The van der Waals surface area contributed by atoms with Crippen LogP contribution in [0.5, 0.6) is 11.5 Å². The molecule has 1 aliphatic carbocycles. The zero-order valence-corrected chi connectivity index (χ0v) is 20.5. The molecule has 1 aromatic heterocycles. The third-order valence-electron chi connectivity index (χ3n) is 5.86. The lowest BCUT2D eigenvalue weighted by atomic mass is 10.1. The molecule has 0 aliphatic heterocycles. The molecule has 8 heteroatoms. The van der Waals surface area contributed by atoms with Crippen LogP contribution in [0.3, 0.4) is 0 Å². The minimum atomic E-state index is -0.162. The summed E-state index contributed by atoms with van der Waals surface area (Å²) in [5, 5.41) is 5.36. The number of carbonyl (C=O) groups excluding carboxylic acids is 2. The van der Waals surface area contributed by atoms with Crippen LogP contribution in [0, 0.1) is 13.8 Å². The first-order chi connectivity index (χ1) is 16.4. The van der Waals surface area contributed by atoms with E-state index in [-0.39, 0.29) is 30.9 Å². The first-order valence-corrected chi connectivity index (χ1v) is 12.2. The number of aromatic nitrogens is 1. The van der Waals surface area contributed by atoms with Crippen LogP contribution >= 0.6 is 11.3 Å². The fourth-order valence-corrected chi connectivity index (χ4v) is 4.36. The lowest BCUT2D eigenvalue weighted by molar-refractivity contribution is -0.134. The van der Waals surface area contributed by atoms with E-state index in [0.29, 0.717) is 23.2 Å². The minimum absolute atomic E-state index is 0.0930. The van der Waals surface area contributed by atoms with E-state index in [1.165, 1.54) is 22.5 Å². The minimum Gasteiger partial charge on any atom is -0.493 e. The Morgan fingerprint density at radius 1 is 1.12 bits per heavy atom. The summed E-state index contributed by atoms with van der Waals surface area (Å²) in [6.07, 6.45) is 2.11. The monoisotopic (exact) mass is 479 g/mol. The van der Waals surface area contributed by atoms with Gasteiger partial charge in [0, 0.05) is 30.0 Å². The number of hydrogen-bond donors (Lipinski definition) is 1. The third-order valence-corrected chi connectivity index (χ3v) is 6.62. The van der Waals surface area contributed by atoms with Crippen LogP contribution in [-0.2, 0) is 9.59 Å².